The van der Waals surface area contributed by atoms with E-state index in [1.807, 2.05) is 18.2 Å². The SMILES string of the molecule is COOc1cccc(-c2cc(C)ccc2C)c1. The molecular formula is C15H16O2. The predicted octanol–water partition coefficient (Wildman–Crippen LogP) is 3.91. The van der Waals surface area contributed by atoms with Crippen LogP contribution in [0.25, 0.3) is 11.1 Å². The quantitative estimate of drug-likeness (QED) is 0.585. The summed E-state index contributed by atoms with van der Waals surface area (Å²) in [6.45, 7) is 4.21. The van der Waals surface area contributed by atoms with Crippen molar-refractivity contribution in [1.29, 1.82) is 0 Å². The van der Waals surface area contributed by atoms with Gasteiger partial charge in [-0.3, -0.25) is 0 Å². The van der Waals surface area contributed by atoms with Crippen LogP contribution in [0.2, 0.25) is 0 Å². The number of rotatable bonds is 3. The highest BCUT2D eigenvalue weighted by atomic mass is 17.2. The lowest BCUT2D eigenvalue weighted by Crippen LogP contribution is -1.91. The molecule has 0 radical (unpaired) electrons. The molecule has 0 unspecified atom stereocenters. The van der Waals surface area contributed by atoms with Crippen LogP contribution < -0.4 is 4.89 Å². The molecule has 0 saturated heterocycles. The van der Waals surface area contributed by atoms with Gasteiger partial charge >= 0.3 is 0 Å². The molecule has 2 aromatic carbocycles. The summed E-state index contributed by atoms with van der Waals surface area (Å²) >= 11 is 0. The fraction of sp³-hybridized carbons (Fsp3) is 0.200. The van der Waals surface area contributed by atoms with Gasteiger partial charge in [0, 0.05) is 0 Å². The Morgan fingerprint density at radius 1 is 0.941 bits per heavy atom. The largest absolute Gasteiger partial charge is 0.338 e. The number of hydrogen-bond acceptors (Lipinski definition) is 2. The minimum atomic E-state index is 0.714. The van der Waals surface area contributed by atoms with Gasteiger partial charge in [-0.1, -0.05) is 35.9 Å². The molecule has 0 fully saturated rings. The summed E-state index contributed by atoms with van der Waals surface area (Å²) in [4.78, 5) is 9.71. The molecular weight excluding hydrogens is 212 g/mol. The molecule has 2 nitrogen and oxygen atoms in total. The third-order valence-corrected chi connectivity index (χ3v) is 2.72. The first-order valence-electron chi connectivity index (χ1n) is 5.59. The van der Waals surface area contributed by atoms with E-state index in [2.05, 4.69) is 43.0 Å². The van der Waals surface area contributed by atoms with Crippen LogP contribution in [0.4, 0.5) is 0 Å². The Hall–Kier alpha value is -1.80. The average molecular weight is 228 g/mol. The van der Waals surface area contributed by atoms with Crippen molar-refractivity contribution in [3.8, 4) is 16.9 Å². The molecule has 0 heterocycles. The Bertz CT molecular complexity index is 518. The minimum Gasteiger partial charge on any atom is -0.338 e. The molecule has 17 heavy (non-hydrogen) atoms. The third kappa shape index (κ3) is 2.66. The zero-order valence-corrected chi connectivity index (χ0v) is 10.4. The smallest absolute Gasteiger partial charge is 0.165 e. The van der Waals surface area contributed by atoms with Gasteiger partial charge in [-0.05, 0) is 42.7 Å². The van der Waals surface area contributed by atoms with Crippen molar-refractivity contribution in [3.05, 3.63) is 53.6 Å². The maximum absolute atomic E-state index is 5.04. The van der Waals surface area contributed by atoms with E-state index >= 15 is 0 Å². The van der Waals surface area contributed by atoms with Crippen LogP contribution in [0, 0.1) is 13.8 Å². The van der Waals surface area contributed by atoms with Crippen molar-refractivity contribution in [3.63, 3.8) is 0 Å². The maximum atomic E-state index is 5.04. The lowest BCUT2D eigenvalue weighted by Gasteiger charge is -2.08. The van der Waals surface area contributed by atoms with Crippen LogP contribution in [0.15, 0.2) is 42.5 Å². The summed E-state index contributed by atoms with van der Waals surface area (Å²) in [5.74, 6) is 0.714. The summed E-state index contributed by atoms with van der Waals surface area (Å²) in [5.41, 5.74) is 4.88. The topological polar surface area (TPSA) is 18.5 Å². The first-order valence-corrected chi connectivity index (χ1v) is 5.59. The second kappa shape index (κ2) is 5.02. The molecule has 0 N–H and O–H groups in total. The molecule has 88 valence electrons. The van der Waals surface area contributed by atoms with Crippen molar-refractivity contribution < 1.29 is 9.78 Å². The van der Waals surface area contributed by atoms with E-state index in [1.54, 1.807) is 0 Å². The highest BCUT2D eigenvalue weighted by molar-refractivity contribution is 5.69. The Kier molecular flexibility index (Phi) is 3.45. The van der Waals surface area contributed by atoms with Crippen LogP contribution >= 0.6 is 0 Å². The summed E-state index contributed by atoms with van der Waals surface area (Å²) in [6, 6.07) is 14.3. The summed E-state index contributed by atoms with van der Waals surface area (Å²) in [7, 11) is 1.50. The molecule has 2 heteroatoms. The van der Waals surface area contributed by atoms with Gasteiger partial charge < -0.3 is 4.89 Å². The Morgan fingerprint density at radius 3 is 2.53 bits per heavy atom. The van der Waals surface area contributed by atoms with E-state index < -0.39 is 0 Å². The first kappa shape index (κ1) is 11.7. The van der Waals surface area contributed by atoms with Gasteiger partial charge in [0.25, 0.3) is 0 Å². The standard InChI is InChI=1S/C15H16O2/c1-11-7-8-12(2)15(9-11)13-5-4-6-14(10-13)17-16-3/h4-10H,1-3H3. The Balaban J connectivity index is 2.45. The lowest BCUT2D eigenvalue weighted by atomic mass is 9.98. The normalized spacial score (nSPS) is 10.3. The zero-order valence-electron chi connectivity index (χ0n) is 10.4. The maximum Gasteiger partial charge on any atom is 0.165 e. The molecule has 0 saturated carbocycles. The van der Waals surface area contributed by atoms with Crippen molar-refractivity contribution in [2.24, 2.45) is 0 Å². The van der Waals surface area contributed by atoms with Crippen LogP contribution in [0.3, 0.4) is 0 Å². The first-order chi connectivity index (χ1) is 8.20. The van der Waals surface area contributed by atoms with Crippen molar-refractivity contribution in [2.45, 2.75) is 13.8 Å². The number of hydrogen-bond donors (Lipinski definition) is 0. The van der Waals surface area contributed by atoms with Gasteiger partial charge in [0.15, 0.2) is 5.75 Å². The van der Waals surface area contributed by atoms with Crippen LogP contribution in [0.1, 0.15) is 11.1 Å². The van der Waals surface area contributed by atoms with Crippen molar-refractivity contribution in [2.75, 3.05) is 7.11 Å². The molecule has 0 spiro atoms. The van der Waals surface area contributed by atoms with Gasteiger partial charge in [0.1, 0.15) is 0 Å². The van der Waals surface area contributed by atoms with Crippen LogP contribution in [-0.2, 0) is 4.89 Å². The fourth-order valence-corrected chi connectivity index (χ4v) is 1.86. The van der Waals surface area contributed by atoms with E-state index in [1.165, 1.54) is 23.8 Å². The van der Waals surface area contributed by atoms with E-state index in [0.29, 0.717) is 5.75 Å². The third-order valence-electron chi connectivity index (χ3n) is 2.72. The van der Waals surface area contributed by atoms with Gasteiger partial charge in [-0.15, -0.1) is 0 Å². The summed E-state index contributed by atoms with van der Waals surface area (Å²) < 4.78 is 0. The Labute approximate surface area is 102 Å². The highest BCUT2D eigenvalue weighted by Crippen LogP contribution is 2.27. The highest BCUT2D eigenvalue weighted by Gasteiger charge is 2.04. The second-order valence-electron chi connectivity index (χ2n) is 4.10. The molecule has 0 aliphatic rings. The predicted molar refractivity (Wildman–Crippen MR) is 69.0 cm³/mol. The monoisotopic (exact) mass is 228 g/mol. The molecule has 2 rings (SSSR count). The number of aryl methyl sites for hydroxylation is 2. The van der Waals surface area contributed by atoms with E-state index in [-0.39, 0.29) is 0 Å². The van der Waals surface area contributed by atoms with Gasteiger partial charge in [0.2, 0.25) is 0 Å². The molecule has 0 aliphatic heterocycles. The lowest BCUT2D eigenvalue weighted by molar-refractivity contribution is -0.178. The van der Waals surface area contributed by atoms with Crippen LogP contribution in [-0.4, -0.2) is 7.11 Å². The summed E-state index contributed by atoms with van der Waals surface area (Å²) in [5, 5.41) is 0. The number of benzene rings is 2. The van der Waals surface area contributed by atoms with Crippen molar-refractivity contribution in [1.82, 2.24) is 0 Å². The molecule has 0 aromatic heterocycles. The minimum absolute atomic E-state index is 0.714. The van der Waals surface area contributed by atoms with Crippen LogP contribution in [0.5, 0.6) is 5.75 Å². The molecule has 0 bridgehead atoms. The summed E-state index contributed by atoms with van der Waals surface area (Å²) in [6.07, 6.45) is 0. The fourth-order valence-electron chi connectivity index (χ4n) is 1.86. The Morgan fingerprint density at radius 2 is 1.76 bits per heavy atom. The second-order valence-corrected chi connectivity index (χ2v) is 4.10. The molecule has 0 amide bonds. The van der Waals surface area contributed by atoms with Gasteiger partial charge in [-0.2, -0.15) is 4.89 Å². The molecule has 2 aromatic rings. The van der Waals surface area contributed by atoms with E-state index in [4.69, 9.17) is 4.89 Å². The van der Waals surface area contributed by atoms with Gasteiger partial charge in [-0.25, -0.2) is 0 Å². The van der Waals surface area contributed by atoms with E-state index in [9.17, 15) is 0 Å². The zero-order chi connectivity index (χ0) is 12.3. The molecule has 0 aliphatic carbocycles. The van der Waals surface area contributed by atoms with Gasteiger partial charge in [0.05, 0.1) is 7.11 Å². The average Bonchev–Trinajstić information content (AvgIpc) is 2.33. The molecule has 0 atom stereocenters. The van der Waals surface area contributed by atoms with Crippen molar-refractivity contribution >= 4 is 0 Å². The van der Waals surface area contributed by atoms with E-state index in [0.717, 1.165) is 5.56 Å².